The lowest BCUT2D eigenvalue weighted by molar-refractivity contribution is -0.218. The Balaban J connectivity index is 2.18. The summed E-state index contributed by atoms with van der Waals surface area (Å²) in [6, 6.07) is 0. The maximum absolute atomic E-state index is 12.6. The van der Waals surface area contributed by atoms with Gasteiger partial charge in [-0.05, 0) is 0 Å². The van der Waals surface area contributed by atoms with Crippen molar-refractivity contribution in [1.29, 1.82) is 0 Å². The van der Waals surface area contributed by atoms with Crippen LogP contribution >= 0.6 is 0 Å². The van der Waals surface area contributed by atoms with Crippen LogP contribution in [0.2, 0.25) is 0 Å². The summed E-state index contributed by atoms with van der Waals surface area (Å²) in [7, 11) is 0. The lowest BCUT2D eigenvalue weighted by Gasteiger charge is -2.44. The van der Waals surface area contributed by atoms with Crippen molar-refractivity contribution in [2.75, 3.05) is 13.2 Å². The Morgan fingerprint density at radius 3 is 1.25 bits per heavy atom. The monoisotopic (exact) mass is 374 g/mol. The molecule has 142 valence electrons. The first-order chi connectivity index (χ1) is 11.2. The Kier molecular flexibility index (Phi) is 6.80. The number of ether oxygens (including phenoxy) is 2. The second-order valence-electron chi connectivity index (χ2n) is 5.72. The predicted octanol–water partition coefficient (Wildman–Crippen LogP) is -5.67. The van der Waals surface area contributed by atoms with Crippen molar-refractivity contribution in [3.8, 4) is 0 Å². The average molecular weight is 374 g/mol. The molecule has 0 aromatic rings. The molecule has 10 atom stereocenters. The Morgan fingerprint density at radius 1 is 0.625 bits per heavy atom. The highest BCUT2D eigenvalue weighted by Crippen LogP contribution is 2.32. The smallest absolute Gasteiger partial charge is 0.247 e. The summed E-state index contributed by atoms with van der Waals surface area (Å²) in [4.78, 5) is 0. The highest BCUT2D eigenvalue weighted by atomic mass is 32.2. The fraction of sp³-hybridized carbons (Fsp3) is 1.00. The molecular weight excluding hydrogens is 352 g/mol. The van der Waals surface area contributed by atoms with Gasteiger partial charge < -0.3 is 54.9 Å². The molecule has 0 saturated carbocycles. The van der Waals surface area contributed by atoms with Gasteiger partial charge in [0.25, 0.3) is 0 Å². The summed E-state index contributed by atoms with van der Waals surface area (Å²) in [6.07, 6.45) is -13.1. The van der Waals surface area contributed by atoms with Crippen molar-refractivity contribution in [3.63, 3.8) is 0 Å². The molecule has 0 aliphatic carbocycles. The lowest BCUT2D eigenvalue weighted by atomic mass is 10.0. The molecule has 8 N–H and O–H groups in total. The van der Waals surface area contributed by atoms with Gasteiger partial charge in [0, 0.05) is 11.2 Å². The first-order valence-electron chi connectivity index (χ1n) is 7.25. The molecule has 0 spiro atoms. The first-order valence-corrected chi connectivity index (χ1v) is 8.52. The summed E-state index contributed by atoms with van der Waals surface area (Å²) >= 11 is -2.38. The molecule has 2 heterocycles. The molecule has 0 aromatic carbocycles. The van der Waals surface area contributed by atoms with E-state index in [1.807, 2.05) is 0 Å². The van der Waals surface area contributed by atoms with Crippen molar-refractivity contribution in [2.24, 2.45) is 0 Å². The fourth-order valence-corrected chi connectivity index (χ4v) is 4.29. The Hall–Kier alpha value is -0.0900. The number of aliphatic hydroxyl groups excluding tert-OH is 8. The second-order valence-corrected chi connectivity index (χ2v) is 7.31. The molecule has 24 heavy (non-hydrogen) atoms. The summed E-state index contributed by atoms with van der Waals surface area (Å²) in [5.41, 5.74) is -3.30. The Labute approximate surface area is 139 Å². The van der Waals surface area contributed by atoms with E-state index in [0.29, 0.717) is 0 Å². The van der Waals surface area contributed by atoms with Crippen molar-refractivity contribution in [2.45, 2.75) is 59.7 Å². The minimum atomic E-state index is -2.38. The normalized spacial score (nSPS) is 50.2. The van der Waals surface area contributed by atoms with Crippen LogP contribution in [0.4, 0.5) is 0 Å². The van der Waals surface area contributed by atoms with Gasteiger partial charge in [-0.25, -0.2) is 0 Å². The number of rotatable bonds is 4. The van der Waals surface area contributed by atoms with Crippen LogP contribution < -0.4 is 0 Å². The van der Waals surface area contributed by atoms with Crippen molar-refractivity contribution >= 4 is 11.2 Å². The van der Waals surface area contributed by atoms with Crippen LogP contribution in [-0.2, 0) is 20.6 Å². The molecule has 2 aliphatic heterocycles. The van der Waals surface area contributed by atoms with E-state index in [0.717, 1.165) is 0 Å². The fourth-order valence-electron chi connectivity index (χ4n) is 2.65. The van der Waals surface area contributed by atoms with Gasteiger partial charge in [0.15, 0.2) is 12.2 Å². The quantitative estimate of drug-likeness (QED) is 0.218. The molecule has 2 saturated heterocycles. The minimum Gasteiger partial charge on any atom is -0.612 e. The molecule has 2 aliphatic rings. The maximum Gasteiger partial charge on any atom is 0.247 e. The van der Waals surface area contributed by atoms with Gasteiger partial charge in [0.1, 0.15) is 36.6 Å². The van der Waals surface area contributed by atoms with Crippen LogP contribution in [0.3, 0.4) is 0 Å². The van der Waals surface area contributed by atoms with Gasteiger partial charge >= 0.3 is 0 Å². The van der Waals surface area contributed by atoms with E-state index < -0.39 is 84.1 Å². The standard InChI is InChI=1S/C12H22O11S/c13-1-3-5(15)7(17)9(19)11(22-3)24(21)12-10(20)8(18)6(16)4(2-14)23-12/h3-20H,1-2H2/t3-,4-,5-,6-,7+,8+,9+,10+,11+,12+/m1/s1. The van der Waals surface area contributed by atoms with Crippen LogP contribution in [0.15, 0.2) is 0 Å². The van der Waals surface area contributed by atoms with E-state index >= 15 is 0 Å². The van der Waals surface area contributed by atoms with E-state index in [1.54, 1.807) is 0 Å². The summed E-state index contributed by atoms with van der Waals surface area (Å²) in [5.74, 6) is 0. The van der Waals surface area contributed by atoms with Gasteiger partial charge in [-0.15, -0.1) is 0 Å². The summed E-state index contributed by atoms with van der Waals surface area (Å²) in [6.45, 7) is -1.46. The zero-order valence-electron chi connectivity index (χ0n) is 12.4. The van der Waals surface area contributed by atoms with Gasteiger partial charge in [0.05, 0.1) is 13.2 Å². The molecule has 0 aromatic heterocycles. The molecular formula is C12H22O11S. The molecule has 0 radical (unpaired) electrons. The topological polar surface area (TPSA) is 203 Å². The van der Waals surface area contributed by atoms with Crippen LogP contribution in [-0.4, -0.2) is 118 Å². The first kappa shape index (κ1) is 20.2. The SMILES string of the molecule is [O-][S+]([C@@H]1O[C@H](CO)[C@@H](O)[C@H](O)[C@@H]1O)[C@@H]1O[C@H](CO)[C@@H](O)[C@H](O)[C@@H]1O. The third-order valence-corrected chi connectivity index (χ3v) is 5.85. The second kappa shape index (κ2) is 8.07. The molecule has 0 bridgehead atoms. The molecule has 11 nitrogen and oxygen atoms in total. The predicted molar refractivity (Wildman–Crippen MR) is 75.7 cm³/mol. The molecule has 2 fully saturated rings. The van der Waals surface area contributed by atoms with Crippen molar-refractivity contribution < 1.29 is 54.9 Å². The van der Waals surface area contributed by atoms with Crippen LogP contribution in [0.25, 0.3) is 0 Å². The molecule has 12 heteroatoms. The highest BCUT2D eigenvalue weighted by molar-refractivity contribution is 7.92. The van der Waals surface area contributed by atoms with E-state index in [2.05, 4.69) is 0 Å². The van der Waals surface area contributed by atoms with E-state index in [1.165, 1.54) is 0 Å². The van der Waals surface area contributed by atoms with E-state index in [4.69, 9.17) is 19.7 Å². The van der Waals surface area contributed by atoms with Crippen LogP contribution in [0.1, 0.15) is 0 Å². The van der Waals surface area contributed by atoms with Crippen LogP contribution in [0, 0.1) is 0 Å². The summed E-state index contributed by atoms with van der Waals surface area (Å²) < 4.78 is 22.8. The van der Waals surface area contributed by atoms with E-state index in [-0.39, 0.29) is 0 Å². The molecule has 0 unspecified atom stereocenters. The van der Waals surface area contributed by atoms with Gasteiger partial charge in [0.2, 0.25) is 10.9 Å². The largest absolute Gasteiger partial charge is 0.612 e. The number of hydrogen-bond donors (Lipinski definition) is 8. The highest BCUT2D eigenvalue weighted by Gasteiger charge is 2.56. The Bertz CT molecular complexity index is 374. The van der Waals surface area contributed by atoms with E-state index in [9.17, 15) is 35.2 Å². The van der Waals surface area contributed by atoms with Crippen LogP contribution in [0.5, 0.6) is 0 Å². The zero-order chi connectivity index (χ0) is 18.2. The maximum atomic E-state index is 12.6. The lowest BCUT2D eigenvalue weighted by Crippen LogP contribution is -2.66. The number of hydrogen-bond acceptors (Lipinski definition) is 11. The zero-order valence-corrected chi connectivity index (χ0v) is 13.2. The minimum absolute atomic E-state index is 0.729. The third-order valence-electron chi connectivity index (χ3n) is 4.15. The van der Waals surface area contributed by atoms with Gasteiger partial charge in [-0.1, -0.05) is 0 Å². The van der Waals surface area contributed by atoms with Gasteiger partial charge in [-0.2, -0.15) is 0 Å². The van der Waals surface area contributed by atoms with Crippen molar-refractivity contribution in [3.05, 3.63) is 0 Å². The van der Waals surface area contributed by atoms with Gasteiger partial charge in [-0.3, -0.25) is 0 Å². The third kappa shape index (κ3) is 3.56. The Morgan fingerprint density at radius 2 is 0.958 bits per heavy atom. The van der Waals surface area contributed by atoms with Crippen molar-refractivity contribution in [1.82, 2.24) is 0 Å². The number of aliphatic hydroxyl groups is 8. The molecule has 0 amide bonds. The summed E-state index contributed by atoms with van der Waals surface area (Å²) in [5, 5.41) is 76.9. The average Bonchev–Trinajstić information content (AvgIpc) is 2.58. The molecule has 2 rings (SSSR count).